The van der Waals surface area contributed by atoms with E-state index in [-0.39, 0.29) is 5.82 Å². The van der Waals surface area contributed by atoms with Crippen LogP contribution in [0.4, 0.5) is 4.39 Å². The highest BCUT2D eigenvalue weighted by molar-refractivity contribution is 9.10. The van der Waals surface area contributed by atoms with E-state index in [0.717, 1.165) is 16.6 Å². The summed E-state index contributed by atoms with van der Waals surface area (Å²) in [7, 11) is 0. The van der Waals surface area contributed by atoms with Gasteiger partial charge in [0.1, 0.15) is 5.82 Å². The molecule has 2 nitrogen and oxygen atoms in total. The van der Waals surface area contributed by atoms with Crippen molar-refractivity contribution in [2.45, 2.75) is 26.5 Å². The van der Waals surface area contributed by atoms with E-state index in [1.165, 1.54) is 12.1 Å². The van der Waals surface area contributed by atoms with Gasteiger partial charge in [-0.05, 0) is 23.8 Å². The van der Waals surface area contributed by atoms with Crippen LogP contribution in [0.25, 0.3) is 0 Å². The van der Waals surface area contributed by atoms with Gasteiger partial charge < -0.3 is 10.1 Å². The smallest absolute Gasteiger partial charge is 0.123 e. The Balaban J connectivity index is 2.29. The topological polar surface area (TPSA) is 21.3 Å². The Kier molecular flexibility index (Phi) is 5.95. The van der Waals surface area contributed by atoms with Crippen molar-refractivity contribution in [2.75, 3.05) is 13.2 Å². The second kappa shape index (κ2) is 6.99. The van der Waals surface area contributed by atoms with Crippen molar-refractivity contribution in [3.63, 3.8) is 0 Å². The highest BCUT2D eigenvalue weighted by Crippen LogP contribution is 2.18. The van der Waals surface area contributed by atoms with Gasteiger partial charge in [0.2, 0.25) is 0 Å². The zero-order valence-corrected chi connectivity index (χ0v) is 11.2. The van der Waals surface area contributed by atoms with Crippen LogP contribution in [-0.4, -0.2) is 19.2 Å². The van der Waals surface area contributed by atoms with Crippen molar-refractivity contribution >= 4 is 15.9 Å². The highest BCUT2D eigenvalue weighted by Gasteiger charge is 2.01. The van der Waals surface area contributed by atoms with E-state index in [1.807, 2.05) is 0 Å². The first-order valence-electron chi connectivity index (χ1n) is 5.34. The summed E-state index contributed by atoms with van der Waals surface area (Å²) in [4.78, 5) is 0. The molecule has 0 aliphatic rings. The number of nitrogens with one attached hydrogen (secondary N) is 1. The summed E-state index contributed by atoms with van der Waals surface area (Å²) in [6, 6.07) is 5.07. The molecule has 0 saturated carbocycles. The Bertz CT molecular complexity index is 331. The summed E-state index contributed by atoms with van der Waals surface area (Å²) in [5, 5.41) is 3.25. The third-order valence-electron chi connectivity index (χ3n) is 2.06. The first-order valence-corrected chi connectivity index (χ1v) is 6.14. The Morgan fingerprint density at radius 2 is 2.19 bits per heavy atom. The van der Waals surface area contributed by atoms with E-state index in [4.69, 9.17) is 4.74 Å². The molecule has 0 aromatic heterocycles. The molecule has 16 heavy (non-hydrogen) atoms. The maximum Gasteiger partial charge on any atom is 0.123 e. The van der Waals surface area contributed by atoms with Gasteiger partial charge in [-0.2, -0.15) is 0 Å². The summed E-state index contributed by atoms with van der Waals surface area (Å²) < 4.78 is 19.3. The molecule has 1 aromatic rings. The quantitative estimate of drug-likeness (QED) is 0.813. The van der Waals surface area contributed by atoms with Crippen molar-refractivity contribution in [3.05, 3.63) is 34.1 Å². The van der Waals surface area contributed by atoms with Crippen LogP contribution < -0.4 is 5.32 Å². The lowest BCUT2D eigenvalue weighted by Gasteiger charge is -2.09. The van der Waals surface area contributed by atoms with Crippen LogP contribution in [0.1, 0.15) is 19.4 Å². The standard InChI is InChI=1S/C12H17BrFNO/c1-9(2)15-5-6-16-8-10-7-11(14)3-4-12(10)13/h3-4,7,9,15H,5-6,8H2,1-2H3. The van der Waals surface area contributed by atoms with Crippen LogP contribution in [-0.2, 0) is 11.3 Å². The van der Waals surface area contributed by atoms with Gasteiger partial charge in [-0.1, -0.05) is 29.8 Å². The van der Waals surface area contributed by atoms with Crippen molar-refractivity contribution < 1.29 is 9.13 Å². The number of benzene rings is 1. The molecule has 0 radical (unpaired) electrons. The predicted molar refractivity (Wildman–Crippen MR) is 66.9 cm³/mol. The molecule has 4 heteroatoms. The molecule has 0 heterocycles. The molecule has 0 unspecified atom stereocenters. The van der Waals surface area contributed by atoms with Crippen LogP contribution in [0, 0.1) is 5.82 Å². The van der Waals surface area contributed by atoms with Gasteiger partial charge in [0.05, 0.1) is 13.2 Å². The van der Waals surface area contributed by atoms with Crippen molar-refractivity contribution in [1.82, 2.24) is 5.32 Å². The Hall–Kier alpha value is -0.450. The second-order valence-electron chi connectivity index (χ2n) is 3.90. The number of hydrogen-bond acceptors (Lipinski definition) is 2. The number of rotatable bonds is 6. The van der Waals surface area contributed by atoms with Crippen LogP contribution in [0.5, 0.6) is 0 Å². The molecule has 1 rings (SSSR count). The van der Waals surface area contributed by atoms with E-state index < -0.39 is 0 Å². The lowest BCUT2D eigenvalue weighted by Crippen LogP contribution is -2.26. The van der Waals surface area contributed by atoms with Gasteiger partial charge >= 0.3 is 0 Å². The van der Waals surface area contributed by atoms with Gasteiger partial charge in [-0.15, -0.1) is 0 Å². The third-order valence-corrected chi connectivity index (χ3v) is 2.84. The maximum absolute atomic E-state index is 12.9. The molecular formula is C12H17BrFNO. The highest BCUT2D eigenvalue weighted by atomic mass is 79.9. The fraction of sp³-hybridized carbons (Fsp3) is 0.500. The lowest BCUT2D eigenvalue weighted by atomic mass is 10.2. The molecule has 0 amide bonds. The van der Waals surface area contributed by atoms with Gasteiger partial charge in [-0.25, -0.2) is 4.39 Å². The SMILES string of the molecule is CC(C)NCCOCc1cc(F)ccc1Br. The fourth-order valence-corrected chi connectivity index (χ4v) is 1.62. The Labute approximate surface area is 104 Å². The lowest BCUT2D eigenvalue weighted by molar-refractivity contribution is 0.121. The van der Waals surface area contributed by atoms with Crippen LogP contribution in [0.2, 0.25) is 0 Å². The number of ether oxygens (including phenoxy) is 1. The molecule has 0 bridgehead atoms. The summed E-state index contributed by atoms with van der Waals surface area (Å²) >= 11 is 3.36. The molecule has 1 aromatic carbocycles. The van der Waals surface area contributed by atoms with Gasteiger partial charge in [0.25, 0.3) is 0 Å². The summed E-state index contributed by atoms with van der Waals surface area (Å²) in [5.41, 5.74) is 0.838. The molecule has 0 aliphatic carbocycles. The van der Waals surface area contributed by atoms with E-state index in [9.17, 15) is 4.39 Å². The molecule has 0 atom stereocenters. The fourth-order valence-electron chi connectivity index (χ4n) is 1.26. The predicted octanol–water partition coefficient (Wildman–Crippen LogP) is 3.10. The molecule has 0 aliphatic heterocycles. The van der Waals surface area contributed by atoms with E-state index in [0.29, 0.717) is 19.3 Å². The Morgan fingerprint density at radius 3 is 2.88 bits per heavy atom. The summed E-state index contributed by atoms with van der Waals surface area (Å²) in [6.45, 7) is 6.04. The minimum Gasteiger partial charge on any atom is -0.375 e. The first-order chi connectivity index (χ1) is 7.59. The van der Waals surface area contributed by atoms with Gasteiger partial charge in [-0.3, -0.25) is 0 Å². The van der Waals surface area contributed by atoms with Crippen LogP contribution in [0.15, 0.2) is 22.7 Å². The van der Waals surface area contributed by atoms with Gasteiger partial charge in [0.15, 0.2) is 0 Å². The second-order valence-corrected chi connectivity index (χ2v) is 4.75. The number of hydrogen-bond donors (Lipinski definition) is 1. The molecule has 0 spiro atoms. The maximum atomic E-state index is 12.9. The zero-order chi connectivity index (χ0) is 12.0. The first kappa shape index (κ1) is 13.6. The molecular weight excluding hydrogens is 273 g/mol. The number of halogens is 2. The minimum absolute atomic E-state index is 0.234. The molecule has 1 N–H and O–H groups in total. The van der Waals surface area contributed by atoms with Crippen molar-refractivity contribution in [3.8, 4) is 0 Å². The van der Waals surface area contributed by atoms with Gasteiger partial charge in [0, 0.05) is 17.1 Å². The van der Waals surface area contributed by atoms with E-state index in [1.54, 1.807) is 6.07 Å². The summed E-state index contributed by atoms with van der Waals surface area (Å²) in [6.07, 6.45) is 0. The minimum atomic E-state index is -0.234. The van der Waals surface area contributed by atoms with E-state index >= 15 is 0 Å². The molecule has 90 valence electrons. The average molecular weight is 290 g/mol. The van der Waals surface area contributed by atoms with Crippen LogP contribution >= 0.6 is 15.9 Å². The summed E-state index contributed by atoms with van der Waals surface area (Å²) in [5.74, 6) is -0.234. The molecule has 0 fully saturated rings. The monoisotopic (exact) mass is 289 g/mol. The Morgan fingerprint density at radius 1 is 1.44 bits per heavy atom. The molecule has 0 saturated heterocycles. The van der Waals surface area contributed by atoms with Crippen molar-refractivity contribution in [1.29, 1.82) is 0 Å². The van der Waals surface area contributed by atoms with Crippen LogP contribution in [0.3, 0.4) is 0 Å². The van der Waals surface area contributed by atoms with Crippen molar-refractivity contribution in [2.24, 2.45) is 0 Å². The largest absolute Gasteiger partial charge is 0.375 e. The average Bonchev–Trinajstić information content (AvgIpc) is 2.22. The normalized spacial score (nSPS) is 11.1. The van der Waals surface area contributed by atoms with E-state index in [2.05, 4.69) is 35.1 Å². The zero-order valence-electron chi connectivity index (χ0n) is 9.59. The third kappa shape index (κ3) is 5.05.